The minimum absolute atomic E-state index is 0.0804. The molecule has 0 unspecified atom stereocenters. The number of aromatic nitrogens is 3. The van der Waals surface area contributed by atoms with Crippen LogP contribution in [-0.4, -0.2) is 26.9 Å². The molecule has 32 heavy (non-hydrogen) atoms. The van der Waals surface area contributed by atoms with Crippen molar-refractivity contribution in [2.75, 3.05) is 6.79 Å². The number of carbonyl (C=O) groups is 1. The van der Waals surface area contributed by atoms with E-state index in [-0.39, 0.29) is 18.3 Å². The molecule has 1 amide bonds. The Hall–Kier alpha value is -3.75. The van der Waals surface area contributed by atoms with Crippen LogP contribution in [0.4, 0.5) is 0 Å². The van der Waals surface area contributed by atoms with Gasteiger partial charge in [0.2, 0.25) is 12.7 Å². The summed E-state index contributed by atoms with van der Waals surface area (Å²) in [5.41, 5.74) is 2.82. The zero-order valence-electron chi connectivity index (χ0n) is 18.0. The molecule has 0 saturated carbocycles. The lowest BCUT2D eigenvalue weighted by Crippen LogP contribution is -2.28. The van der Waals surface area contributed by atoms with Crippen molar-refractivity contribution in [3.8, 4) is 11.5 Å². The normalized spacial score (nSPS) is 12.7. The fourth-order valence-electron chi connectivity index (χ4n) is 4.02. The molecule has 0 saturated heterocycles. The number of nitrogens with one attached hydrogen (secondary N) is 1. The Kier molecular flexibility index (Phi) is 5.08. The number of fused-ring (bicyclic) bond motifs is 4. The zero-order valence-corrected chi connectivity index (χ0v) is 18.0. The summed E-state index contributed by atoms with van der Waals surface area (Å²) in [6, 6.07) is 9.28. The molecule has 9 heteroatoms. The number of carbonyl (C=O) groups excluding carboxylic acids is 1. The van der Waals surface area contributed by atoms with Crippen molar-refractivity contribution in [1.82, 2.24) is 19.5 Å². The third kappa shape index (κ3) is 3.59. The summed E-state index contributed by atoms with van der Waals surface area (Å²) in [6.07, 6.45) is 1.48. The highest BCUT2D eigenvalue weighted by molar-refractivity contribution is 5.83. The van der Waals surface area contributed by atoms with E-state index in [4.69, 9.17) is 13.9 Å². The first-order chi connectivity index (χ1) is 15.5. The number of nitrogens with zero attached hydrogens (tertiary/aromatic N) is 3. The zero-order chi connectivity index (χ0) is 22.2. The molecule has 166 valence electrons. The maximum absolute atomic E-state index is 12.9. The van der Waals surface area contributed by atoms with Crippen LogP contribution in [0.2, 0.25) is 0 Å². The van der Waals surface area contributed by atoms with Crippen LogP contribution in [-0.2, 0) is 24.3 Å². The molecule has 1 aliphatic rings. The summed E-state index contributed by atoms with van der Waals surface area (Å²) < 4.78 is 19.6. The summed E-state index contributed by atoms with van der Waals surface area (Å²) >= 11 is 0. The standard InChI is InChI=1S/C23H24N4O5/c1-3-21-25-26(23(29)17-11-19-16(27(17)21)9-14(2)32-19)8-4-5-22(28)24-12-15-6-7-18-20(10-15)31-13-30-18/h6-7,9-11H,3-5,8,12-13H2,1-2H3,(H,24,28). The van der Waals surface area contributed by atoms with Crippen LogP contribution in [0.1, 0.15) is 36.9 Å². The molecule has 0 fully saturated rings. The van der Waals surface area contributed by atoms with E-state index in [0.717, 1.165) is 22.7 Å². The molecular formula is C23H24N4O5. The van der Waals surface area contributed by atoms with Crippen LogP contribution in [0.25, 0.3) is 16.6 Å². The summed E-state index contributed by atoms with van der Waals surface area (Å²) in [5, 5.41) is 7.45. The van der Waals surface area contributed by atoms with Gasteiger partial charge in [-0.15, -0.1) is 0 Å². The van der Waals surface area contributed by atoms with Crippen molar-refractivity contribution in [3.63, 3.8) is 0 Å². The van der Waals surface area contributed by atoms with Crippen LogP contribution >= 0.6 is 0 Å². The van der Waals surface area contributed by atoms with Gasteiger partial charge in [-0.2, -0.15) is 5.10 Å². The molecular weight excluding hydrogens is 412 g/mol. The quantitative estimate of drug-likeness (QED) is 0.478. The van der Waals surface area contributed by atoms with Crippen molar-refractivity contribution in [2.45, 2.75) is 46.2 Å². The van der Waals surface area contributed by atoms with Crippen molar-refractivity contribution in [1.29, 1.82) is 0 Å². The topological polar surface area (TPSA) is 100 Å². The molecule has 0 spiro atoms. The minimum Gasteiger partial charge on any atom is -0.460 e. The van der Waals surface area contributed by atoms with E-state index in [0.29, 0.717) is 55.0 Å². The highest BCUT2D eigenvalue weighted by Crippen LogP contribution is 2.32. The third-order valence-electron chi connectivity index (χ3n) is 5.58. The highest BCUT2D eigenvalue weighted by atomic mass is 16.7. The van der Waals surface area contributed by atoms with Gasteiger partial charge in [-0.05, 0) is 31.0 Å². The number of aryl methyl sites for hydroxylation is 3. The van der Waals surface area contributed by atoms with E-state index < -0.39 is 0 Å². The van der Waals surface area contributed by atoms with Crippen LogP contribution < -0.4 is 20.3 Å². The van der Waals surface area contributed by atoms with Crippen molar-refractivity contribution < 1.29 is 18.7 Å². The Morgan fingerprint density at radius 2 is 2.00 bits per heavy atom. The van der Waals surface area contributed by atoms with Crippen molar-refractivity contribution in [3.05, 3.63) is 57.8 Å². The predicted molar refractivity (Wildman–Crippen MR) is 117 cm³/mol. The molecule has 1 aliphatic heterocycles. The molecule has 0 aliphatic carbocycles. The first-order valence-corrected chi connectivity index (χ1v) is 10.7. The monoisotopic (exact) mass is 436 g/mol. The number of benzene rings is 1. The van der Waals surface area contributed by atoms with E-state index in [2.05, 4.69) is 10.4 Å². The second kappa shape index (κ2) is 8.07. The molecule has 5 rings (SSSR count). The Morgan fingerprint density at radius 3 is 2.84 bits per heavy atom. The van der Waals surface area contributed by atoms with Gasteiger partial charge in [0.05, 0.1) is 5.52 Å². The summed E-state index contributed by atoms with van der Waals surface area (Å²) in [6.45, 7) is 4.87. The molecule has 0 atom stereocenters. The van der Waals surface area contributed by atoms with Crippen LogP contribution in [0.15, 0.2) is 39.5 Å². The number of ether oxygens (including phenoxy) is 2. The number of hydrogen-bond acceptors (Lipinski definition) is 6. The third-order valence-corrected chi connectivity index (χ3v) is 5.58. The Morgan fingerprint density at radius 1 is 1.16 bits per heavy atom. The van der Waals surface area contributed by atoms with Gasteiger partial charge in [0.25, 0.3) is 5.56 Å². The van der Waals surface area contributed by atoms with Crippen molar-refractivity contribution in [2.24, 2.45) is 0 Å². The summed E-state index contributed by atoms with van der Waals surface area (Å²) in [5.74, 6) is 2.90. The molecule has 0 radical (unpaired) electrons. The number of amides is 1. The smallest absolute Gasteiger partial charge is 0.291 e. The first kappa shape index (κ1) is 20.2. The SMILES string of the molecule is CCc1nn(CCCC(=O)NCc2ccc3c(c2)OCO3)c(=O)c2cc3oc(C)cc3n12. The molecule has 1 aromatic carbocycles. The molecule has 9 nitrogen and oxygen atoms in total. The fourth-order valence-corrected chi connectivity index (χ4v) is 4.02. The lowest BCUT2D eigenvalue weighted by molar-refractivity contribution is -0.121. The van der Waals surface area contributed by atoms with Crippen LogP contribution in [0.3, 0.4) is 0 Å². The van der Waals surface area contributed by atoms with Gasteiger partial charge in [-0.1, -0.05) is 13.0 Å². The Balaban J connectivity index is 1.23. The van der Waals surface area contributed by atoms with E-state index in [1.54, 1.807) is 6.07 Å². The molecule has 4 aromatic rings. The van der Waals surface area contributed by atoms with Crippen LogP contribution in [0.5, 0.6) is 11.5 Å². The van der Waals surface area contributed by atoms with Gasteiger partial charge in [0, 0.05) is 38.1 Å². The second-order valence-corrected chi connectivity index (χ2v) is 7.84. The molecule has 4 heterocycles. The maximum Gasteiger partial charge on any atom is 0.291 e. The molecule has 0 bridgehead atoms. The number of furan rings is 1. The minimum atomic E-state index is -0.188. The molecule has 3 aromatic heterocycles. The van der Waals surface area contributed by atoms with Gasteiger partial charge in [-0.25, -0.2) is 4.68 Å². The predicted octanol–water partition coefficient (Wildman–Crippen LogP) is 2.94. The summed E-state index contributed by atoms with van der Waals surface area (Å²) in [7, 11) is 0. The second-order valence-electron chi connectivity index (χ2n) is 7.84. The average molecular weight is 436 g/mol. The number of hydrogen-bond donors (Lipinski definition) is 1. The van der Waals surface area contributed by atoms with Gasteiger partial charge in [-0.3, -0.25) is 14.0 Å². The van der Waals surface area contributed by atoms with E-state index >= 15 is 0 Å². The fraction of sp³-hybridized carbons (Fsp3) is 0.348. The van der Waals surface area contributed by atoms with Gasteiger partial charge >= 0.3 is 0 Å². The summed E-state index contributed by atoms with van der Waals surface area (Å²) in [4.78, 5) is 25.2. The van der Waals surface area contributed by atoms with Crippen molar-refractivity contribution >= 4 is 22.5 Å². The van der Waals surface area contributed by atoms with E-state index in [9.17, 15) is 9.59 Å². The largest absolute Gasteiger partial charge is 0.460 e. The van der Waals surface area contributed by atoms with E-state index in [1.807, 2.05) is 42.5 Å². The molecule has 1 N–H and O–H groups in total. The van der Waals surface area contributed by atoms with E-state index in [1.165, 1.54) is 4.68 Å². The lowest BCUT2D eigenvalue weighted by Gasteiger charge is -2.10. The highest BCUT2D eigenvalue weighted by Gasteiger charge is 2.17. The Bertz CT molecular complexity index is 1380. The van der Waals surface area contributed by atoms with Gasteiger partial charge in [0.15, 0.2) is 17.1 Å². The van der Waals surface area contributed by atoms with Gasteiger partial charge in [0.1, 0.15) is 17.1 Å². The number of rotatable bonds is 7. The average Bonchev–Trinajstić information content (AvgIpc) is 3.48. The van der Waals surface area contributed by atoms with Crippen LogP contribution in [0, 0.1) is 6.92 Å². The lowest BCUT2D eigenvalue weighted by atomic mass is 10.2. The maximum atomic E-state index is 12.9. The van der Waals surface area contributed by atoms with Gasteiger partial charge < -0.3 is 19.2 Å². The first-order valence-electron chi connectivity index (χ1n) is 10.7. The Labute approximate surface area is 183 Å².